The zero-order valence-corrected chi connectivity index (χ0v) is 11.5. The van der Waals surface area contributed by atoms with E-state index in [4.69, 9.17) is 5.73 Å². The minimum atomic E-state index is -0.983. The highest BCUT2D eigenvalue weighted by molar-refractivity contribution is 9.10. The van der Waals surface area contributed by atoms with Crippen molar-refractivity contribution in [2.24, 2.45) is 5.73 Å². The van der Waals surface area contributed by atoms with Gasteiger partial charge in [-0.05, 0) is 31.5 Å². The number of carbonyl (C=O) groups excluding carboxylic acids is 1. The number of anilines is 1. The highest BCUT2D eigenvalue weighted by atomic mass is 79.9. The molecule has 17 heavy (non-hydrogen) atoms. The summed E-state index contributed by atoms with van der Waals surface area (Å²) in [6, 6.07) is 4.36. The summed E-state index contributed by atoms with van der Waals surface area (Å²) in [5, 5.41) is 2.51. The maximum absolute atomic E-state index is 13.4. The lowest BCUT2D eigenvalue weighted by molar-refractivity contribution is -0.120. The molecule has 1 aromatic carbocycles. The SMILES string of the molecule is CCCC(C)(N)C(=O)Nc1cc(Br)ccc1F. The van der Waals surface area contributed by atoms with E-state index in [0.717, 1.165) is 6.42 Å². The molecule has 3 nitrogen and oxygen atoms in total. The van der Waals surface area contributed by atoms with Crippen LogP contribution in [0, 0.1) is 5.82 Å². The molecular formula is C12H16BrFN2O. The Bertz CT molecular complexity index is 421. The van der Waals surface area contributed by atoms with Crippen molar-refractivity contribution in [2.75, 3.05) is 5.32 Å². The second-order valence-electron chi connectivity index (χ2n) is 4.25. The van der Waals surface area contributed by atoms with Gasteiger partial charge >= 0.3 is 0 Å². The molecule has 1 rings (SSSR count). The molecule has 1 atom stereocenters. The molecule has 0 aliphatic rings. The Balaban J connectivity index is 2.84. The van der Waals surface area contributed by atoms with Crippen LogP contribution in [0.1, 0.15) is 26.7 Å². The molecule has 0 fully saturated rings. The highest BCUT2D eigenvalue weighted by Gasteiger charge is 2.27. The molecule has 0 aliphatic carbocycles. The zero-order chi connectivity index (χ0) is 13.1. The lowest BCUT2D eigenvalue weighted by Gasteiger charge is -2.23. The zero-order valence-electron chi connectivity index (χ0n) is 9.89. The van der Waals surface area contributed by atoms with E-state index in [-0.39, 0.29) is 11.6 Å². The minimum absolute atomic E-state index is 0.136. The van der Waals surface area contributed by atoms with E-state index in [2.05, 4.69) is 21.2 Å². The summed E-state index contributed by atoms with van der Waals surface area (Å²) < 4.78 is 14.1. The van der Waals surface area contributed by atoms with Crippen LogP contribution in [0.2, 0.25) is 0 Å². The van der Waals surface area contributed by atoms with Gasteiger partial charge < -0.3 is 11.1 Å². The second-order valence-corrected chi connectivity index (χ2v) is 5.16. The second kappa shape index (κ2) is 5.60. The number of benzene rings is 1. The molecule has 0 saturated carbocycles. The van der Waals surface area contributed by atoms with Gasteiger partial charge in [-0.25, -0.2) is 4.39 Å². The van der Waals surface area contributed by atoms with Crippen molar-refractivity contribution in [3.8, 4) is 0 Å². The van der Waals surface area contributed by atoms with Gasteiger partial charge in [-0.1, -0.05) is 29.3 Å². The summed E-state index contributed by atoms with van der Waals surface area (Å²) in [5.74, 6) is -0.856. The molecular weight excluding hydrogens is 287 g/mol. The van der Waals surface area contributed by atoms with Gasteiger partial charge in [-0.15, -0.1) is 0 Å². The fraction of sp³-hybridized carbons (Fsp3) is 0.417. The Kier molecular flexibility index (Phi) is 4.65. The van der Waals surface area contributed by atoms with E-state index in [1.807, 2.05) is 6.92 Å². The number of amides is 1. The largest absolute Gasteiger partial charge is 0.322 e. The Morgan fingerprint density at radius 3 is 2.82 bits per heavy atom. The average molecular weight is 303 g/mol. The van der Waals surface area contributed by atoms with Gasteiger partial charge in [0.15, 0.2) is 0 Å². The third kappa shape index (κ3) is 3.78. The minimum Gasteiger partial charge on any atom is -0.322 e. The molecule has 0 bridgehead atoms. The number of hydrogen-bond acceptors (Lipinski definition) is 2. The van der Waals surface area contributed by atoms with E-state index in [9.17, 15) is 9.18 Å². The molecule has 0 saturated heterocycles. The highest BCUT2D eigenvalue weighted by Crippen LogP contribution is 2.21. The number of nitrogens with one attached hydrogen (secondary N) is 1. The van der Waals surface area contributed by atoms with Crippen molar-refractivity contribution in [1.82, 2.24) is 0 Å². The number of hydrogen-bond donors (Lipinski definition) is 2. The standard InChI is InChI=1S/C12H16BrFN2O/c1-3-6-12(2,15)11(17)16-10-7-8(13)4-5-9(10)14/h4-5,7H,3,6,15H2,1-2H3,(H,16,17). The van der Waals surface area contributed by atoms with Gasteiger partial charge in [0.1, 0.15) is 5.82 Å². The average Bonchev–Trinajstić information content (AvgIpc) is 2.23. The Morgan fingerprint density at radius 2 is 2.24 bits per heavy atom. The fourth-order valence-corrected chi connectivity index (χ4v) is 1.85. The number of rotatable bonds is 4. The van der Waals surface area contributed by atoms with Crippen molar-refractivity contribution < 1.29 is 9.18 Å². The molecule has 0 aromatic heterocycles. The Morgan fingerprint density at radius 1 is 1.59 bits per heavy atom. The first kappa shape index (κ1) is 14.1. The van der Waals surface area contributed by atoms with E-state index < -0.39 is 11.4 Å². The first-order valence-corrected chi connectivity index (χ1v) is 6.21. The summed E-state index contributed by atoms with van der Waals surface area (Å²) >= 11 is 3.22. The van der Waals surface area contributed by atoms with Crippen molar-refractivity contribution in [2.45, 2.75) is 32.2 Å². The van der Waals surface area contributed by atoms with E-state index >= 15 is 0 Å². The quantitative estimate of drug-likeness (QED) is 0.898. The van der Waals surface area contributed by atoms with Crippen LogP contribution in [0.15, 0.2) is 22.7 Å². The monoisotopic (exact) mass is 302 g/mol. The molecule has 1 unspecified atom stereocenters. The predicted molar refractivity (Wildman–Crippen MR) is 70.2 cm³/mol. The van der Waals surface area contributed by atoms with Gasteiger partial charge in [0.2, 0.25) is 5.91 Å². The normalized spacial score (nSPS) is 14.2. The third-order valence-electron chi connectivity index (χ3n) is 2.46. The number of carbonyl (C=O) groups is 1. The molecule has 0 heterocycles. The first-order chi connectivity index (χ1) is 7.86. The number of halogens is 2. The molecule has 94 valence electrons. The van der Waals surface area contributed by atoms with Gasteiger partial charge in [-0.3, -0.25) is 4.79 Å². The summed E-state index contributed by atoms with van der Waals surface area (Å²) in [6.07, 6.45) is 1.34. The van der Waals surface area contributed by atoms with Crippen LogP contribution >= 0.6 is 15.9 Å². The van der Waals surface area contributed by atoms with Crippen molar-refractivity contribution in [3.05, 3.63) is 28.5 Å². The first-order valence-electron chi connectivity index (χ1n) is 5.42. The molecule has 0 aliphatic heterocycles. The van der Waals surface area contributed by atoms with E-state index in [1.54, 1.807) is 13.0 Å². The van der Waals surface area contributed by atoms with Crippen molar-refractivity contribution >= 4 is 27.5 Å². The van der Waals surface area contributed by atoms with Crippen LogP contribution in [-0.4, -0.2) is 11.4 Å². The lowest BCUT2D eigenvalue weighted by Crippen LogP contribution is -2.48. The molecule has 1 aromatic rings. The lowest BCUT2D eigenvalue weighted by atomic mass is 9.96. The maximum atomic E-state index is 13.4. The topological polar surface area (TPSA) is 55.1 Å². The molecule has 5 heteroatoms. The number of nitrogens with two attached hydrogens (primary N) is 1. The fourth-order valence-electron chi connectivity index (χ4n) is 1.49. The third-order valence-corrected chi connectivity index (χ3v) is 2.96. The van der Waals surface area contributed by atoms with Crippen LogP contribution in [0.5, 0.6) is 0 Å². The summed E-state index contributed by atoms with van der Waals surface area (Å²) in [4.78, 5) is 11.9. The van der Waals surface area contributed by atoms with Gasteiger partial charge in [0.25, 0.3) is 0 Å². The van der Waals surface area contributed by atoms with Crippen molar-refractivity contribution in [3.63, 3.8) is 0 Å². The summed E-state index contributed by atoms with van der Waals surface area (Å²) in [7, 11) is 0. The van der Waals surface area contributed by atoms with Gasteiger partial charge in [-0.2, -0.15) is 0 Å². The van der Waals surface area contributed by atoms with Crippen LogP contribution in [0.25, 0.3) is 0 Å². The maximum Gasteiger partial charge on any atom is 0.244 e. The Hall–Kier alpha value is -0.940. The predicted octanol–water partition coefficient (Wildman–Crippen LogP) is 3.04. The van der Waals surface area contributed by atoms with E-state index in [1.165, 1.54) is 12.1 Å². The molecule has 0 spiro atoms. The van der Waals surface area contributed by atoms with Gasteiger partial charge in [0.05, 0.1) is 11.2 Å². The molecule has 3 N–H and O–H groups in total. The smallest absolute Gasteiger partial charge is 0.244 e. The van der Waals surface area contributed by atoms with E-state index in [0.29, 0.717) is 10.9 Å². The summed E-state index contributed by atoms with van der Waals surface area (Å²) in [5.41, 5.74) is 5.01. The van der Waals surface area contributed by atoms with Gasteiger partial charge in [0, 0.05) is 4.47 Å². The molecule has 0 radical (unpaired) electrons. The van der Waals surface area contributed by atoms with Crippen LogP contribution < -0.4 is 11.1 Å². The van der Waals surface area contributed by atoms with Crippen molar-refractivity contribution in [1.29, 1.82) is 0 Å². The molecule has 1 amide bonds. The summed E-state index contributed by atoms with van der Waals surface area (Å²) in [6.45, 7) is 3.58. The Labute approximate surface area is 109 Å². The van der Waals surface area contributed by atoms with Crippen LogP contribution in [0.3, 0.4) is 0 Å². The van der Waals surface area contributed by atoms with Crippen LogP contribution in [-0.2, 0) is 4.79 Å². The van der Waals surface area contributed by atoms with Crippen LogP contribution in [0.4, 0.5) is 10.1 Å².